The largest absolute Gasteiger partial charge is 0.383 e. The van der Waals surface area contributed by atoms with Crippen LogP contribution in [0, 0.1) is 0 Å². The number of aryl methyl sites for hydroxylation is 1. The van der Waals surface area contributed by atoms with Gasteiger partial charge in [-0.05, 0) is 6.92 Å². The first-order valence-corrected chi connectivity index (χ1v) is 5.08. The Bertz CT molecular complexity index is 247. The fourth-order valence-corrected chi connectivity index (χ4v) is 1.36. The Labute approximate surface area is 85.3 Å². The summed E-state index contributed by atoms with van der Waals surface area (Å²) in [4.78, 5) is 4.30. The van der Waals surface area contributed by atoms with E-state index in [4.69, 9.17) is 4.74 Å². The molecule has 0 aromatic carbocycles. The van der Waals surface area contributed by atoms with Gasteiger partial charge in [-0.3, -0.25) is 0 Å². The number of aromatic nitrogens is 2. The number of imidazole rings is 1. The van der Waals surface area contributed by atoms with Crippen molar-refractivity contribution < 1.29 is 4.74 Å². The smallest absolute Gasteiger partial charge is 0.109 e. The van der Waals surface area contributed by atoms with Crippen LogP contribution in [0.2, 0.25) is 0 Å². The van der Waals surface area contributed by atoms with Crippen molar-refractivity contribution in [3.63, 3.8) is 0 Å². The van der Waals surface area contributed by atoms with Gasteiger partial charge in [-0.1, -0.05) is 0 Å². The van der Waals surface area contributed by atoms with Gasteiger partial charge < -0.3 is 14.6 Å². The lowest BCUT2D eigenvalue weighted by molar-refractivity contribution is 0.199. The molecule has 1 aromatic heterocycles. The minimum Gasteiger partial charge on any atom is -0.383 e. The molecule has 0 radical (unpaired) electrons. The minimum absolute atomic E-state index is 0.766. The van der Waals surface area contributed by atoms with Crippen LogP contribution in [0.4, 0.5) is 0 Å². The summed E-state index contributed by atoms with van der Waals surface area (Å²) in [6.07, 6.45) is 4.85. The van der Waals surface area contributed by atoms with E-state index in [2.05, 4.69) is 21.8 Å². The molecule has 1 aromatic rings. The molecule has 0 saturated heterocycles. The van der Waals surface area contributed by atoms with Gasteiger partial charge >= 0.3 is 0 Å². The first-order chi connectivity index (χ1) is 6.88. The number of ether oxygens (including phenoxy) is 1. The lowest BCUT2D eigenvalue weighted by atomic mass is 10.4. The van der Waals surface area contributed by atoms with E-state index in [1.54, 1.807) is 7.11 Å². The SMILES string of the molecule is CCn1ccnc1CCNCCOC. The lowest BCUT2D eigenvalue weighted by Crippen LogP contribution is -2.22. The van der Waals surface area contributed by atoms with Crippen LogP contribution in [-0.4, -0.2) is 36.4 Å². The molecule has 1 N–H and O–H groups in total. The van der Waals surface area contributed by atoms with E-state index < -0.39 is 0 Å². The van der Waals surface area contributed by atoms with Crippen LogP contribution in [-0.2, 0) is 17.7 Å². The second-order valence-corrected chi connectivity index (χ2v) is 3.12. The van der Waals surface area contributed by atoms with Crippen molar-refractivity contribution in [1.29, 1.82) is 0 Å². The van der Waals surface area contributed by atoms with Crippen LogP contribution < -0.4 is 5.32 Å². The van der Waals surface area contributed by atoms with Gasteiger partial charge in [-0.25, -0.2) is 4.98 Å². The molecule has 0 aliphatic rings. The summed E-state index contributed by atoms with van der Waals surface area (Å²) < 4.78 is 7.11. The molecule has 1 heterocycles. The van der Waals surface area contributed by atoms with E-state index in [0.29, 0.717) is 0 Å². The number of methoxy groups -OCH3 is 1. The van der Waals surface area contributed by atoms with Crippen molar-refractivity contribution in [2.45, 2.75) is 19.9 Å². The highest BCUT2D eigenvalue weighted by Crippen LogP contribution is 1.97. The van der Waals surface area contributed by atoms with Crippen molar-refractivity contribution in [2.75, 3.05) is 26.8 Å². The van der Waals surface area contributed by atoms with Crippen LogP contribution in [0.3, 0.4) is 0 Å². The number of nitrogens with one attached hydrogen (secondary N) is 1. The first kappa shape index (κ1) is 11.2. The highest BCUT2D eigenvalue weighted by molar-refractivity contribution is 4.92. The molecule has 0 amide bonds. The summed E-state index contributed by atoms with van der Waals surface area (Å²) in [6.45, 7) is 5.75. The Kier molecular flexibility index (Phi) is 5.25. The molecule has 0 bridgehead atoms. The highest BCUT2D eigenvalue weighted by Gasteiger charge is 1.99. The maximum Gasteiger partial charge on any atom is 0.109 e. The fraction of sp³-hybridized carbons (Fsp3) is 0.700. The molecule has 4 nitrogen and oxygen atoms in total. The number of nitrogens with zero attached hydrogens (tertiary/aromatic N) is 2. The summed E-state index contributed by atoms with van der Waals surface area (Å²) in [7, 11) is 1.71. The van der Waals surface area contributed by atoms with E-state index in [-0.39, 0.29) is 0 Å². The molecule has 0 saturated carbocycles. The third-order valence-electron chi connectivity index (χ3n) is 2.15. The van der Waals surface area contributed by atoms with Crippen LogP contribution in [0.15, 0.2) is 12.4 Å². The zero-order valence-corrected chi connectivity index (χ0v) is 8.99. The average Bonchev–Trinajstić information content (AvgIpc) is 2.65. The Morgan fingerprint density at radius 3 is 3.07 bits per heavy atom. The van der Waals surface area contributed by atoms with Gasteiger partial charge in [-0.2, -0.15) is 0 Å². The molecule has 0 spiro atoms. The maximum atomic E-state index is 4.94. The standard InChI is InChI=1S/C10H19N3O/c1-3-13-8-6-12-10(13)4-5-11-7-9-14-2/h6,8,11H,3-5,7,9H2,1-2H3. The molecule has 0 aliphatic carbocycles. The minimum atomic E-state index is 0.766. The molecule has 0 unspecified atom stereocenters. The molecular formula is C10H19N3O. The number of hydrogen-bond donors (Lipinski definition) is 1. The van der Waals surface area contributed by atoms with E-state index >= 15 is 0 Å². The normalized spacial score (nSPS) is 10.7. The highest BCUT2D eigenvalue weighted by atomic mass is 16.5. The molecule has 4 heteroatoms. The second-order valence-electron chi connectivity index (χ2n) is 3.12. The summed E-state index contributed by atoms with van der Waals surface area (Å²) in [5.74, 6) is 1.15. The molecule has 0 aliphatic heterocycles. The van der Waals surface area contributed by atoms with E-state index in [1.807, 2.05) is 12.4 Å². The Balaban J connectivity index is 2.17. The van der Waals surface area contributed by atoms with Crippen LogP contribution >= 0.6 is 0 Å². The maximum absolute atomic E-state index is 4.94. The van der Waals surface area contributed by atoms with E-state index in [0.717, 1.165) is 38.5 Å². The Hall–Kier alpha value is -0.870. The van der Waals surface area contributed by atoms with Crippen molar-refractivity contribution in [2.24, 2.45) is 0 Å². The molecule has 1 rings (SSSR count). The van der Waals surface area contributed by atoms with Gasteiger partial charge in [-0.15, -0.1) is 0 Å². The zero-order valence-electron chi connectivity index (χ0n) is 8.99. The second kappa shape index (κ2) is 6.56. The van der Waals surface area contributed by atoms with Gasteiger partial charge in [0.1, 0.15) is 5.82 Å². The quantitative estimate of drug-likeness (QED) is 0.653. The third kappa shape index (κ3) is 3.47. The summed E-state index contributed by atoms with van der Waals surface area (Å²) in [5, 5.41) is 3.30. The van der Waals surface area contributed by atoms with Gasteiger partial charge in [0.15, 0.2) is 0 Å². The monoisotopic (exact) mass is 197 g/mol. The van der Waals surface area contributed by atoms with Crippen LogP contribution in [0.1, 0.15) is 12.7 Å². The zero-order chi connectivity index (χ0) is 10.2. The molecule has 80 valence electrons. The van der Waals surface area contributed by atoms with Crippen molar-refractivity contribution in [3.8, 4) is 0 Å². The fourth-order valence-electron chi connectivity index (χ4n) is 1.36. The van der Waals surface area contributed by atoms with Gasteiger partial charge in [0.05, 0.1) is 6.61 Å². The van der Waals surface area contributed by atoms with Gasteiger partial charge in [0.25, 0.3) is 0 Å². The third-order valence-corrected chi connectivity index (χ3v) is 2.15. The topological polar surface area (TPSA) is 39.1 Å². The van der Waals surface area contributed by atoms with Crippen molar-refractivity contribution >= 4 is 0 Å². The van der Waals surface area contributed by atoms with Gasteiger partial charge in [0, 0.05) is 45.6 Å². The number of rotatable bonds is 7. The summed E-state index contributed by atoms with van der Waals surface area (Å²) in [5.41, 5.74) is 0. The van der Waals surface area contributed by atoms with Gasteiger partial charge in [0.2, 0.25) is 0 Å². The van der Waals surface area contributed by atoms with Crippen LogP contribution in [0.25, 0.3) is 0 Å². The Morgan fingerprint density at radius 1 is 1.50 bits per heavy atom. The molecule has 14 heavy (non-hydrogen) atoms. The average molecular weight is 197 g/mol. The predicted octanol–water partition coefficient (Wildman–Crippen LogP) is 0.681. The first-order valence-electron chi connectivity index (χ1n) is 5.08. The van der Waals surface area contributed by atoms with Crippen LogP contribution in [0.5, 0.6) is 0 Å². The predicted molar refractivity (Wildman–Crippen MR) is 56.4 cm³/mol. The molecule has 0 atom stereocenters. The lowest BCUT2D eigenvalue weighted by Gasteiger charge is -2.05. The summed E-state index contributed by atoms with van der Waals surface area (Å²) >= 11 is 0. The van der Waals surface area contributed by atoms with Crippen molar-refractivity contribution in [1.82, 2.24) is 14.9 Å². The van der Waals surface area contributed by atoms with E-state index in [9.17, 15) is 0 Å². The van der Waals surface area contributed by atoms with Crippen molar-refractivity contribution in [3.05, 3.63) is 18.2 Å². The van der Waals surface area contributed by atoms with E-state index in [1.165, 1.54) is 0 Å². The summed E-state index contributed by atoms with van der Waals surface area (Å²) in [6, 6.07) is 0. The Morgan fingerprint density at radius 2 is 2.36 bits per heavy atom. The molecule has 0 fully saturated rings. The molecular weight excluding hydrogens is 178 g/mol. The number of hydrogen-bond acceptors (Lipinski definition) is 3.